The fourth-order valence-corrected chi connectivity index (χ4v) is 3.69. The number of benzene rings is 1. The van der Waals surface area contributed by atoms with Crippen molar-refractivity contribution in [2.45, 2.75) is 25.5 Å². The number of rotatable bonds is 5. The average Bonchev–Trinajstić information content (AvgIpc) is 2.42. The maximum Gasteiger partial charge on any atom is 0.0821 e. The van der Waals surface area contributed by atoms with Gasteiger partial charge in [-0.25, -0.2) is 0 Å². The number of thioether (sulfide) groups is 1. The van der Waals surface area contributed by atoms with E-state index in [1.807, 2.05) is 23.9 Å². The third kappa shape index (κ3) is 4.54. The summed E-state index contributed by atoms with van der Waals surface area (Å²) >= 11 is 14.1. The molecule has 1 N–H and O–H groups in total. The molecule has 2 unspecified atom stereocenters. The minimum Gasteiger partial charge on any atom is -0.375 e. The summed E-state index contributed by atoms with van der Waals surface area (Å²) in [6, 6.07) is 6.00. The number of hydrogen-bond acceptors (Lipinski definition) is 3. The van der Waals surface area contributed by atoms with Crippen LogP contribution in [0.1, 0.15) is 12.5 Å². The van der Waals surface area contributed by atoms with E-state index in [0.717, 1.165) is 41.7 Å². The van der Waals surface area contributed by atoms with Gasteiger partial charge in [0.1, 0.15) is 0 Å². The van der Waals surface area contributed by atoms with Crippen LogP contribution in [0.25, 0.3) is 0 Å². The molecule has 1 fully saturated rings. The molecule has 1 aliphatic heterocycles. The van der Waals surface area contributed by atoms with Crippen LogP contribution >= 0.6 is 35.0 Å². The van der Waals surface area contributed by atoms with Gasteiger partial charge in [0.2, 0.25) is 0 Å². The highest BCUT2D eigenvalue weighted by Crippen LogP contribution is 2.24. The number of nitrogens with one attached hydrogen (secondary N) is 1. The molecule has 0 saturated carbocycles. The second-order valence-electron chi connectivity index (χ2n) is 4.59. The smallest absolute Gasteiger partial charge is 0.0821 e. The topological polar surface area (TPSA) is 21.3 Å². The van der Waals surface area contributed by atoms with E-state index < -0.39 is 0 Å². The van der Waals surface area contributed by atoms with Crippen LogP contribution < -0.4 is 5.32 Å². The molecule has 0 aliphatic carbocycles. The van der Waals surface area contributed by atoms with Crippen molar-refractivity contribution in [2.75, 3.05) is 24.7 Å². The van der Waals surface area contributed by atoms with E-state index in [1.54, 1.807) is 6.07 Å². The molecule has 1 heterocycles. The zero-order valence-corrected chi connectivity index (χ0v) is 13.3. The highest BCUT2D eigenvalue weighted by atomic mass is 35.5. The maximum absolute atomic E-state index is 6.25. The molecule has 1 saturated heterocycles. The monoisotopic (exact) mass is 319 g/mol. The first-order valence-electron chi connectivity index (χ1n) is 6.57. The van der Waals surface area contributed by atoms with Crippen molar-refractivity contribution in [1.82, 2.24) is 5.32 Å². The predicted molar refractivity (Wildman–Crippen MR) is 84.7 cm³/mol. The van der Waals surface area contributed by atoms with Gasteiger partial charge in [0.25, 0.3) is 0 Å². The summed E-state index contributed by atoms with van der Waals surface area (Å²) in [7, 11) is 0. The lowest BCUT2D eigenvalue weighted by atomic mass is 10.0. The quantitative estimate of drug-likeness (QED) is 0.895. The van der Waals surface area contributed by atoms with Crippen LogP contribution in [0.3, 0.4) is 0 Å². The Labute approximate surface area is 129 Å². The van der Waals surface area contributed by atoms with Crippen LogP contribution in [0.2, 0.25) is 10.0 Å². The molecule has 0 amide bonds. The van der Waals surface area contributed by atoms with E-state index in [4.69, 9.17) is 27.9 Å². The van der Waals surface area contributed by atoms with E-state index in [-0.39, 0.29) is 6.10 Å². The van der Waals surface area contributed by atoms with Crippen LogP contribution in [0.4, 0.5) is 0 Å². The molecule has 1 aromatic rings. The van der Waals surface area contributed by atoms with Crippen molar-refractivity contribution < 1.29 is 4.74 Å². The van der Waals surface area contributed by atoms with Crippen molar-refractivity contribution in [1.29, 1.82) is 0 Å². The van der Waals surface area contributed by atoms with E-state index in [9.17, 15) is 0 Å². The van der Waals surface area contributed by atoms with Crippen LogP contribution in [0, 0.1) is 0 Å². The van der Waals surface area contributed by atoms with Crippen LogP contribution in [0.15, 0.2) is 18.2 Å². The molecule has 2 nitrogen and oxygen atoms in total. The zero-order valence-electron chi connectivity index (χ0n) is 11.0. The Bertz CT molecular complexity index is 410. The molecule has 19 heavy (non-hydrogen) atoms. The Morgan fingerprint density at radius 2 is 2.32 bits per heavy atom. The van der Waals surface area contributed by atoms with E-state index in [0.29, 0.717) is 11.1 Å². The van der Waals surface area contributed by atoms with Crippen molar-refractivity contribution in [3.8, 4) is 0 Å². The Hall–Kier alpha value is 0.0700. The number of hydrogen-bond donors (Lipinski definition) is 1. The Kier molecular flexibility index (Phi) is 6.30. The maximum atomic E-state index is 6.25. The van der Waals surface area contributed by atoms with Gasteiger partial charge in [0.05, 0.1) is 12.7 Å². The normalized spacial score (nSPS) is 21.3. The molecule has 0 radical (unpaired) electrons. The summed E-state index contributed by atoms with van der Waals surface area (Å²) in [5, 5.41) is 4.93. The van der Waals surface area contributed by atoms with Crippen molar-refractivity contribution >= 4 is 35.0 Å². The third-order valence-corrected chi connectivity index (χ3v) is 4.82. The zero-order chi connectivity index (χ0) is 13.7. The number of halogens is 2. The molecule has 2 atom stereocenters. The first kappa shape index (κ1) is 15.5. The average molecular weight is 320 g/mol. The van der Waals surface area contributed by atoms with Gasteiger partial charge in [-0.05, 0) is 30.7 Å². The van der Waals surface area contributed by atoms with Gasteiger partial charge in [0.15, 0.2) is 0 Å². The summed E-state index contributed by atoms with van der Waals surface area (Å²) < 4.78 is 5.88. The largest absolute Gasteiger partial charge is 0.375 e. The lowest BCUT2D eigenvalue weighted by Gasteiger charge is -2.31. The SMILES string of the molecule is CCNC(Cc1ccc(Cl)cc1Cl)C1CSCCO1. The third-order valence-electron chi connectivity index (χ3n) is 3.21. The molecule has 106 valence electrons. The molecular formula is C14H19Cl2NOS. The molecule has 2 rings (SSSR count). The van der Waals surface area contributed by atoms with Crippen LogP contribution in [0.5, 0.6) is 0 Å². The van der Waals surface area contributed by atoms with Gasteiger partial charge in [-0.15, -0.1) is 0 Å². The van der Waals surface area contributed by atoms with Crippen molar-refractivity contribution in [3.05, 3.63) is 33.8 Å². The summed E-state index contributed by atoms with van der Waals surface area (Å²) in [4.78, 5) is 0. The van der Waals surface area contributed by atoms with Crippen molar-refractivity contribution in [3.63, 3.8) is 0 Å². The molecule has 0 bridgehead atoms. The van der Waals surface area contributed by atoms with Gasteiger partial charge >= 0.3 is 0 Å². The first-order valence-corrected chi connectivity index (χ1v) is 8.48. The van der Waals surface area contributed by atoms with Gasteiger partial charge < -0.3 is 10.1 Å². The summed E-state index contributed by atoms with van der Waals surface area (Å²) in [5.41, 5.74) is 1.12. The summed E-state index contributed by atoms with van der Waals surface area (Å²) in [5.74, 6) is 2.14. The van der Waals surface area contributed by atoms with Gasteiger partial charge in [0, 0.05) is 27.6 Å². The Balaban J connectivity index is 2.06. The second kappa shape index (κ2) is 7.75. The Morgan fingerprint density at radius 1 is 1.47 bits per heavy atom. The molecule has 0 aromatic heterocycles. The van der Waals surface area contributed by atoms with Crippen LogP contribution in [-0.4, -0.2) is 36.8 Å². The van der Waals surface area contributed by atoms with E-state index >= 15 is 0 Å². The summed E-state index contributed by atoms with van der Waals surface area (Å²) in [6.45, 7) is 3.89. The minimum absolute atomic E-state index is 0.255. The minimum atomic E-state index is 0.255. The second-order valence-corrected chi connectivity index (χ2v) is 6.58. The fraction of sp³-hybridized carbons (Fsp3) is 0.571. The lowest BCUT2D eigenvalue weighted by molar-refractivity contribution is 0.0476. The number of likely N-dealkylation sites (N-methyl/N-ethyl adjacent to an activating group) is 1. The predicted octanol–water partition coefficient (Wildman–Crippen LogP) is 3.65. The Morgan fingerprint density at radius 3 is 2.95 bits per heavy atom. The van der Waals surface area contributed by atoms with Gasteiger partial charge in [-0.1, -0.05) is 36.2 Å². The number of ether oxygens (including phenoxy) is 1. The molecule has 5 heteroatoms. The molecular weight excluding hydrogens is 301 g/mol. The first-order chi connectivity index (χ1) is 9.20. The molecule has 0 spiro atoms. The molecule has 1 aliphatic rings. The highest BCUT2D eigenvalue weighted by molar-refractivity contribution is 7.99. The van der Waals surface area contributed by atoms with Crippen molar-refractivity contribution in [2.24, 2.45) is 0 Å². The fourth-order valence-electron chi connectivity index (χ4n) is 2.26. The lowest BCUT2D eigenvalue weighted by Crippen LogP contribution is -2.46. The van der Waals surface area contributed by atoms with Gasteiger partial charge in [-0.2, -0.15) is 11.8 Å². The van der Waals surface area contributed by atoms with Gasteiger partial charge in [-0.3, -0.25) is 0 Å². The van der Waals surface area contributed by atoms with E-state index in [2.05, 4.69) is 12.2 Å². The molecule has 1 aromatic carbocycles. The van der Waals surface area contributed by atoms with E-state index in [1.165, 1.54) is 0 Å². The summed E-state index contributed by atoms with van der Waals surface area (Å²) in [6.07, 6.45) is 1.13. The highest BCUT2D eigenvalue weighted by Gasteiger charge is 2.25. The van der Waals surface area contributed by atoms with Crippen LogP contribution in [-0.2, 0) is 11.2 Å². The standard InChI is InChI=1S/C14H19Cl2NOS/c1-2-17-13(14-9-19-6-5-18-14)7-10-3-4-11(15)8-12(10)16/h3-4,8,13-14,17H,2,5-7,9H2,1H3.